The number of hydrogen-bond donors (Lipinski definition) is 1. The fourth-order valence-corrected chi connectivity index (χ4v) is 3.46. The summed E-state index contributed by atoms with van der Waals surface area (Å²) in [5.74, 6) is -0.190. The van der Waals surface area contributed by atoms with Gasteiger partial charge in [-0.05, 0) is 29.8 Å². The minimum atomic E-state index is -1.41. The molecule has 2 aromatic rings. The highest BCUT2D eigenvalue weighted by Crippen LogP contribution is 2.23. The third kappa shape index (κ3) is 2.97. The molecule has 0 fully saturated rings. The SMILES string of the molecule is Nc1ccc(CS(=O)c2ccccc2F)c(Br)c1. The van der Waals surface area contributed by atoms with Gasteiger partial charge in [-0.25, -0.2) is 4.39 Å². The quantitative estimate of drug-likeness (QED) is 0.877. The Kier molecular flexibility index (Phi) is 4.14. The molecule has 0 spiro atoms. The summed E-state index contributed by atoms with van der Waals surface area (Å²) in [6.07, 6.45) is 0. The van der Waals surface area contributed by atoms with Gasteiger partial charge in [-0.1, -0.05) is 34.1 Å². The van der Waals surface area contributed by atoms with Gasteiger partial charge in [0, 0.05) is 10.2 Å². The van der Waals surface area contributed by atoms with Crippen molar-refractivity contribution >= 4 is 32.4 Å². The summed E-state index contributed by atoms with van der Waals surface area (Å²) in [5.41, 5.74) is 7.09. The van der Waals surface area contributed by atoms with Crippen LogP contribution in [0.25, 0.3) is 0 Å². The third-order valence-electron chi connectivity index (χ3n) is 2.45. The van der Waals surface area contributed by atoms with Crippen LogP contribution < -0.4 is 5.73 Å². The summed E-state index contributed by atoms with van der Waals surface area (Å²) in [7, 11) is -1.41. The van der Waals surface area contributed by atoms with Crippen LogP contribution in [0.1, 0.15) is 5.56 Å². The van der Waals surface area contributed by atoms with E-state index in [1.165, 1.54) is 12.1 Å². The van der Waals surface area contributed by atoms with Crippen molar-refractivity contribution < 1.29 is 8.60 Å². The number of anilines is 1. The average molecular weight is 328 g/mol. The van der Waals surface area contributed by atoms with Crippen LogP contribution in [0.4, 0.5) is 10.1 Å². The third-order valence-corrected chi connectivity index (χ3v) is 4.58. The zero-order valence-electron chi connectivity index (χ0n) is 9.40. The Morgan fingerprint density at radius 1 is 1.22 bits per heavy atom. The molecule has 0 aliphatic heterocycles. The van der Waals surface area contributed by atoms with Crippen molar-refractivity contribution in [3.05, 3.63) is 58.3 Å². The maximum absolute atomic E-state index is 13.5. The molecule has 0 aromatic heterocycles. The van der Waals surface area contributed by atoms with Crippen molar-refractivity contribution in [3.63, 3.8) is 0 Å². The first-order chi connectivity index (χ1) is 8.58. The van der Waals surface area contributed by atoms with Gasteiger partial charge < -0.3 is 5.73 Å². The van der Waals surface area contributed by atoms with Crippen molar-refractivity contribution in [2.45, 2.75) is 10.6 Å². The van der Waals surface area contributed by atoms with E-state index < -0.39 is 16.6 Å². The smallest absolute Gasteiger partial charge is 0.139 e. The van der Waals surface area contributed by atoms with Crippen LogP contribution in [0.3, 0.4) is 0 Å². The molecule has 0 radical (unpaired) electrons. The fourth-order valence-electron chi connectivity index (χ4n) is 1.53. The highest BCUT2D eigenvalue weighted by Gasteiger charge is 2.11. The molecule has 2 N–H and O–H groups in total. The van der Waals surface area contributed by atoms with Gasteiger partial charge in [0.2, 0.25) is 0 Å². The molecule has 0 amide bonds. The first-order valence-corrected chi connectivity index (χ1v) is 7.36. The zero-order valence-corrected chi connectivity index (χ0v) is 11.8. The van der Waals surface area contributed by atoms with E-state index in [1.54, 1.807) is 30.3 Å². The number of rotatable bonds is 3. The van der Waals surface area contributed by atoms with Crippen molar-refractivity contribution in [2.75, 3.05) is 5.73 Å². The van der Waals surface area contributed by atoms with Crippen LogP contribution in [0.2, 0.25) is 0 Å². The Balaban J connectivity index is 2.24. The topological polar surface area (TPSA) is 43.1 Å². The second-order valence-electron chi connectivity index (χ2n) is 3.77. The lowest BCUT2D eigenvalue weighted by atomic mass is 10.2. The molecule has 18 heavy (non-hydrogen) atoms. The van der Waals surface area contributed by atoms with Crippen LogP contribution >= 0.6 is 15.9 Å². The van der Waals surface area contributed by atoms with E-state index in [4.69, 9.17) is 5.73 Å². The first-order valence-electron chi connectivity index (χ1n) is 5.25. The van der Waals surface area contributed by atoms with E-state index in [9.17, 15) is 8.60 Å². The second-order valence-corrected chi connectivity index (χ2v) is 6.05. The maximum Gasteiger partial charge on any atom is 0.139 e. The molecule has 1 unspecified atom stereocenters. The minimum Gasteiger partial charge on any atom is -0.399 e. The van der Waals surface area contributed by atoms with E-state index in [-0.39, 0.29) is 10.6 Å². The van der Waals surface area contributed by atoms with Crippen LogP contribution in [0.15, 0.2) is 51.8 Å². The standard InChI is InChI=1S/C13H11BrFNOS/c14-11-7-10(16)6-5-9(11)8-18(17)13-4-2-1-3-12(13)15/h1-7H,8,16H2. The van der Waals surface area contributed by atoms with Crippen molar-refractivity contribution in [1.29, 1.82) is 0 Å². The van der Waals surface area contributed by atoms with E-state index in [2.05, 4.69) is 15.9 Å². The van der Waals surface area contributed by atoms with E-state index in [0.717, 1.165) is 10.0 Å². The highest BCUT2D eigenvalue weighted by molar-refractivity contribution is 9.10. The van der Waals surface area contributed by atoms with E-state index in [1.807, 2.05) is 0 Å². The van der Waals surface area contributed by atoms with Crippen LogP contribution in [0, 0.1) is 5.82 Å². The van der Waals surface area contributed by atoms with Gasteiger partial charge in [-0.3, -0.25) is 4.21 Å². The van der Waals surface area contributed by atoms with Gasteiger partial charge >= 0.3 is 0 Å². The van der Waals surface area contributed by atoms with Gasteiger partial charge in [0.15, 0.2) is 0 Å². The lowest BCUT2D eigenvalue weighted by molar-refractivity contribution is 0.595. The highest BCUT2D eigenvalue weighted by atomic mass is 79.9. The summed E-state index contributed by atoms with van der Waals surface area (Å²) >= 11 is 3.36. The Bertz CT molecular complexity index is 603. The molecular formula is C13H11BrFNOS. The largest absolute Gasteiger partial charge is 0.399 e. The maximum atomic E-state index is 13.5. The second kappa shape index (κ2) is 5.63. The molecule has 5 heteroatoms. The molecule has 0 bridgehead atoms. The van der Waals surface area contributed by atoms with E-state index in [0.29, 0.717) is 5.69 Å². The Hall–Kier alpha value is -1.20. The summed E-state index contributed by atoms with van der Waals surface area (Å²) in [4.78, 5) is 0.223. The Labute approximate surface area is 116 Å². The number of halogens is 2. The van der Waals surface area contributed by atoms with Crippen LogP contribution in [-0.2, 0) is 16.6 Å². The Morgan fingerprint density at radius 2 is 1.94 bits per heavy atom. The number of nitrogens with two attached hydrogens (primary N) is 1. The molecule has 0 aliphatic rings. The Morgan fingerprint density at radius 3 is 2.61 bits per heavy atom. The molecule has 2 rings (SSSR count). The summed E-state index contributed by atoms with van der Waals surface area (Å²) in [6.45, 7) is 0. The molecule has 94 valence electrons. The lowest BCUT2D eigenvalue weighted by Gasteiger charge is -2.06. The van der Waals surface area contributed by atoms with E-state index >= 15 is 0 Å². The number of benzene rings is 2. The summed E-state index contributed by atoms with van der Waals surface area (Å²) < 4.78 is 26.4. The van der Waals surface area contributed by atoms with Crippen LogP contribution in [-0.4, -0.2) is 4.21 Å². The van der Waals surface area contributed by atoms with Gasteiger partial charge in [0.05, 0.1) is 21.4 Å². The molecule has 0 saturated heterocycles. The van der Waals surface area contributed by atoms with Crippen molar-refractivity contribution in [3.8, 4) is 0 Å². The molecule has 0 saturated carbocycles. The molecule has 0 heterocycles. The van der Waals surface area contributed by atoms with Crippen molar-refractivity contribution in [1.82, 2.24) is 0 Å². The average Bonchev–Trinajstić information content (AvgIpc) is 2.33. The molecule has 1 atom stereocenters. The monoisotopic (exact) mass is 327 g/mol. The molecule has 2 nitrogen and oxygen atoms in total. The van der Waals surface area contributed by atoms with Gasteiger partial charge in [0.25, 0.3) is 0 Å². The van der Waals surface area contributed by atoms with Gasteiger partial charge in [0.1, 0.15) is 5.82 Å². The predicted octanol–water partition coefficient (Wildman–Crippen LogP) is 3.48. The molecule has 2 aromatic carbocycles. The first kappa shape index (κ1) is 13.2. The van der Waals surface area contributed by atoms with Gasteiger partial charge in [-0.15, -0.1) is 0 Å². The number of nitrogen functional groups attached to an aromatic ring is 1. The number of hydrogen-bond acceptors (Lipinski definition) is 2. The molecular weight excluding hydrogens is 317 g/mol. The predicted molar refractivity (Wildman–Crippen MR) is 75.1 cm³/mol. The van der Waals surface area contributed by atoms with Crippen LogP contribution in [0.5, 0.6) is 0 Å². The molecule has 0 aliphatic carbocycles. The summed E-state index contributed by atoms with van der Waals surface area (Å²) in [6, 6.07) is 11.4. The zero-order chi connectivity index (χ0) is 13.1. The normalized spacial score (nSPS) is 12.3. The minimum absolute atomic E-state index is 0.223. The fraction of sp³-hybridized carbons (Fsp3) is 0.0769. The lowest BCUT2D eigenvalue weighted by Crippen LogP contribution is -2.00. The summed E-state index contributed by atoms with van der Waals surface area (Å²) in [5, 5.41) is 0. The van der Waals surface area contributed by atoms with Gasteiger partial charge in [-0.2, -0.15) is 0 Å². The van der Waals surface area contributed by atoms with Crippen molar-refractivity contribution in [2.24, 2.45) is 0 Å².